The summed E-state index contributed by atoms with van der Waals surface area (Å²) in [6.07, 6.45) is 13.8. The minimum Gasteiger partial charge on any atom is -0.396 e. The first-order valence-corrected chi connectivity index (χ1v) is 13.8. The Labute approximate surface area is 192 Å². The summed E-state index contributed by atoms with van der Waals surface area (Å²) in [6, 6.07) is 0. The van der Waals surface area contributed by atoms with Crippen LogP contribution in [-0.4, -0.2) is 34.1 Å². The number of aliphatic hydroxyl groups excluding tert-OH is 3. The van der Waals surface area contributed by atoms with Gasteiger partial charge in [0.2, 0.25) is 0 Å². The van der Waals surface area contributed by atoms with Gasteiger partial charge < -0.3 is 15.3 Å². The number of hydrogen-bond donors (Lipinski definition) is 3. The molecular weight excluding hydrogens is 384 g/mol. The molecule has 0 amide bonds. The van der Waals surface area contributed by atoms with Crippen LogP contribution in [-0.2, 0) is 0 Å². The minimum absolute atomic E-state index is 0.104. The molecule has 0 bridgehead atoms. The van der Waals surface area contributed by atoms with Crippen molar-refractivity contribution in [1.82, 2.24) is 0 Å². The quantitative estimate of drug-likeness (QED) is 0.465. The molecule has 182 valence electrons. The third kappa shape index (κ3) is 4.62. The highest BCUT2D eigenvalue weighted by Crippen LogP contribution is 2.67. The highest BCUT2D eigenvalue weighted by Gasteiger charge is 2.62. The fraction of sp³-hybridized carbons (Fsp3) is 1.00. The van der Waals surface area contributed by atoms with Gasteiger partial charge in [-0.25, -0.2) is 0 Å². The highest BCUT2D eigenvalue weighted by molar-refractivity contribution is 5.11. The summed E-state index contributed by atoms with van der Waals surface area (Å²) in [4.78, 5) is 0. The molecule has 4 fully saturated rings. The summed E-state index contributed by atoms with van der Waals surface area (Å²) >= 11 is 0. The molecule has 4 aliphatic carbocycles. The lowest BCUT2D eigenvalue weighted by molar-refractivity contribution is -0.161. The molecule has 4 aliphatic rings. The summed E-state index contributed by atoms with van der Waals surface area (Å²) in [7, 11) is 0. The van der Waals surface area contributed by atoms with E-state index in [1.807, 2.05) is 13.8 Å². The van der Waals surface area contributed by atoms with E-state index in [1.54, 1.807) is 0 Å². The maximum atomic E-state index is 11.1. The molecule has 3 unspecified atom stereocenters. The lowest BCUT2D eigenvalue weighted by Crippen LogP contribution is -2.57. The molecule has 3 nitrogen and oxygen atoms in total. The second-order valence-electron chi connectivity index (χ2n) is 12.1. The summed E-state index contributed by atoms with van der Waals surface area (Å²) in [5.74, 6) is 3.43. The average molecular weight is 437 g/mol. The van der Waals surface area contributed by atoms with Crippen LogP contribution in [0.5, 0.6) is 0 Å². The van der Waals surface area contributed by atoms with Gasteiger partial charge in [-0.3, -0.25) is 0 Å². The van der Waals surface area contributed by atoms with Crippen molar-refractivity contribution in [3.8, 4) is 0 Å². The Morgan fingerprint density at radius 3 is 2.29 bits per heavy atom. The molecule has 3 heteroatoms. The van der Waals surface area contributed by atoms with Crippen molar-refractivity contribution >= 4 is 0 Å². The van der Waals surface area contributed by atoms with E-state index in [1.165, 1.54) is 44.9 Å². The van der Waals surface area contributed by atoms with Crippen molar-refractivity contribution in [3.05, 3.63) is 0 Å². The summed E-state index contributed by atoms with van der Waals surface area (Å²) in [5.41, 5.74) is 0.597. The van der Waals surface area contributed by atoms with Crippen molar-refractivity contribution in [1.29, 1.82) is 0 Å². The van der Waals surface area contributed by atoms with E-state index in [2.05, 4.69) is 20.8 Å². The number of rotatable bonds is 6. The molecule has 10 atom stereocenters. The number of fused-ring (bicyclic) bond motifs is 5. The van der Waals surface area contributed by atoms with Gasteiger partial charge in [0.05, 0.1) is 12.2 Å². The smallest absolute Gasteiger partial charge is 0.0576 e. The van der Waals surface area contributed by atoms with Crippen molar-refractivity contribution in [2.45, 2.75) is 124 Å². The van der Waals surface area contributed by atoms with Crippen LogP contribution in [0.15, 0.2) is 0 Å². The van der Waals surface area contributed by atoms with Crippen LogP contribution in [0.1, 0.15) is 112 Å². The van der Waals surface area contributed by atoms with Crippen LogP contribution in [0, 0.1) is 46.3 Å². The van der Waals surface area contributed by atoms with Crippen LogP contribution < -0.4 is 0 Å². The summed E-state index contributed by atoms with van der Waals surface area (Å²) in [5, 5.41) is 31.5. The minimum atomic E-state index is -0.195. The first kappa shape index (κ1) is 25.5. The van der Waals surface area contributed by atoms with E-state index in [9.17, 15) is 15.3 Å². The Balaban J connectivity index is 0.00000132. The molecule has 4 saturated carbocycles. The van der Waals surface area contributed by atoms with Gasteiger partial charge in [-0.2, -0.15) is 0 Å². The van der Waals surface area contributed by atoms with Crippen LogP contribution in [0.25, 0.3) is 0 Å². The Morgan fingerprint density at radius 1 is 0.871 bits per heavy atom. The molecule has 31 heavy (non-hydrogen) atoms. The predicted octanol–water partition coefficient (Wildman–Crippen LogP) is 6.19. The normalized spacial score (nSPS) is 46.1. The first-order valence-electron chi connectivity index (χ1n) is 13.8. The monoisotopic (exact) mass is 436 g/mol. The Hall–Kier alpha value is -0.120. The van der Waals surface area contributed by atoms with Gasteiger partial charge in [0.1, 0.15) is 0 Å². The maximum absolute atomic E-state index is 11.1. The molecule has 0 spiro atoms. The first-order chi connectivity index (χ1) is 14.8. The molecule has 0 heterocycles. The van der Waals surface area contributed by atoms with E-state index in [-0.39, 0.29) is 24.2 Å². The zero-order valence-corrected chi connectivity index (χ0v) is 21.2. The van der Waals surface area contributed by atoms with E-state index in [0.29, 0.717) is 35.0 Å². The molecule has 0 aliphatic heterocycles. The lowest BCUT2D eigenvalue weighted by atomic mass is 9.44. The Morgan fingerprint density at radius 2 is 1.58 bits per heavy atom. The van der Waals surface area contributed by atoms with Crippen molar-refractivity contribution in [2.75, 3.05) is 6.61 Å². The van der Waals surface area contributed by atoms with Gasteiger partial charge in [0.25, 0.3) is 0 Å². The lowest BCUT2D eigenvalue weighted by Gasteiger charge is -2.62. The van der Waals surface area contributed by atoms with Crippen LogP contribution in [0.4, 0.5) is 0 Å². The average Bonchev–Trinajstić information content (AvgIpc) is 3.12. The van der Waals surface area contributed by atoms with Crippen molar-refractivity contribution in [3.63, 3.8) is 0 Å². The van der Waals surface area contributed by atoms with Gasteiger partial charge in [-0.05, 0) is 104 Å². The fourth-order valence-corrected chi connectivity index (χ4v) is 9.00. The maximum Gasteiger partial charge on any atom is 0.0576 e. The summed E-state index contributed by atoms with van der Waals surface area (Å²) < 4.78 is 0. The second-order valence-corrected chi connectivity index (χ2v) is 12.1. The largest absolute Gasteiger partial charge is 0.396 e. The topological polar surface area (TPSA) is 60.7 Å². The Bertz CT molecular complexity index is 564. The number of hydrogen-bond acceptors (Lipinski definition) is 3. The molecule has 0 saturated heterocycles. The zero-order chi connectivity index (χ0) is 22.8. The van der Waals surface area contributed by atoms with Gasteiger partial charge in [-0.15, -0.1) is 0 Å². The third-order valence-electron chi connectivity index (χ3n) is 10.6. The van der Waals surface area contributed by atoms with Gasteiger partial charge in [-0.1, -0.05) is 53.9 Å². The number of aliphatic hydroxyl groups is 3. The Kier molecular flexibility index (Phi) is 8.58. The van der Waals surface area contributed by atoms with Gasteiger partial charge >= 0.3 is 0 Å². The molecule has 0 aromatic heterocycles. The SMILES string of the molecule is CC.CC(CO)CCCC(O)[C@H]1CC[C@H]2C3C[C@H](O)[C@H]4CCCC[C@]4(C)[C@H]3CC[C@]12C. The van der Waals surface area contributed by atoms with E-state index < -0.39 is 0 Å². The highest BCUT2D eigenvalue weighted by atomic mass is 16.3. The second kappa shape index (κ2) is 10.4. The zero-order valence-electron chi connectivity index (χ0n) is 21.2. The van der Waals surface area contributed by atoms with E-state index in [4.69, 9.17) is 0 Å². The third-order valence-corrected chi connectivity index (χ3v) is 10.6. The van der Waals surface area contributed by atoms with Crippen LogP contribution in [0.3, 0.4) is 0 Å². The van der Waals surface area contributed by atoms with E-state index in [0.717, 1.165) is 38.0 Å². The standard InChI is InChI=1S/C26H46O3.C2H6/c1-17(16-27)7-6-9-23(28)22-11-10-19-18-15-24(29)21-8-4-5-13-25(21,2)20(18)12-14-26(19,22)3;1-2/h17-24,27-29H,4-16H2,1-3H3;1-2H3/t17?,18?,19-,20-,21+,22+,23?,24-,25+,26-;/m0./s1. The molecule has 0 aromatic carbocycles. The molecule has 3 N–H and O–H groups in total. The molecule has 0 radical (unpaired) electrons. The van der Waals surface area contributed by atoms with Crippen molar-refractivity contribution < 1.29 is 15.3 Å². The predicted molar refractivity (Wildman–Crippen MR) is 129 cm³/mol. The summed E-state index contributed by atoms with van der Waals surface area (Å²) in [6.45, 7) is 11.3. The van der Waals surface area contributed by atoms with Gasteiger partial charge in [0, 0.05) is 6.61 Å². The van der Waals surface area contributed by atoms with E-state index >= 15 is 0 Å². The molecule has 0 aromatic rings. The van der Waals surface area contributed by atoms with Crippen molar-refractivity contribution in [2.24, 2.45) is 46.3 Å². The van der Waals surface area contributed by atoms with Crippen LogP contribution in [0.2, 0.25) is 0 Å². The van der Waals surface area contributed by atoms with Crippen LogP contribution >= 0.6 is 0 Å². The van der Waals surface area contributed by atoms with Gasteiger partial charge in [0.15, 0.2) is 0 Å². The molecular formula is C28H52O3. The fourth-order valence-electron chi connectivity index (χ4n) is 9.00. The molecule has 4 rings (SSSR count).